The Hall–Kier alpha value is -3.05. The van der Waals surface area contributed by atoms with Crippen LogP contribution in [0.15, 0.2) is 93.9 Å². The Labute approximate surface area is 271 Å². The Morgan fingerprint density at radius 3 is 2.05 bits per heavy atom. The molecule has 0 saturated carbocycles. The van der Waals surface area contributed by atoms with Gasteiger partial charge in [-0.3, -0.25) is 0 Å². The molecule has 2 heterocycles. The third kappa shape index (κ3) is 6.78. The van der Waals surface area contributed by atoms with Crippen molar-refractivity contribution in [2.75, 3.05) is 51.2 Å². The number of allylic oxidation sites excluding steroid dienone is 3. The van der Waals surface area contributed by atoms with Crippen molar-refractivity contribution in [3.63, 3.8) is 0 Å². The Balaban J connectivity index is 0.000000924. The van der Waals surface area contributed by atoms with Gasteiger partial charge in [0.2, 0.25) is 0 Å². The topological polar surface area (TPSA) is 9.72 Å². The second kappa shape index (κ2) is 14.8. The standard InChI is InChI=1S/C36H39N3S.2C2H6/c1-25-9-12-30-28(21-25)23-29-22-26(2)10-13-31(29)36(30)27-11-14-35-33(24-27)39(32-7-4-5-8-34(32)40-35)16-6-15-38-19-17-37(3)18-20-38;2*1-2/h4-5,7-10,12-14,21-22,24H,6,11,15-20,23H2,1-3H3;2*1-2H3. The lowest BCUT2D eigenvalue weighted by atomic mass is 9.78. The first kappa shape index (κ1) is 32.3. The molecule has 0 unspecified atom stereocenters. The summed E-state index contributed by atoms with van der Waals surface area (Å²) >= 11 is 1.94. The Bertz CT molecular complexity index is 1500. The second-order valence-electron chi connectivity index (χ2n) is 11.9. The first-order chi connectivity index (χ1) is 21.5. The zero-order valence-electron chi connectivity index (χ0n) is 28.0. The van der Waals surface area contributed by atoms with Gasteiger partial charge in [-0.15, -0.1) is 0 Å². The van der Waals surface area contributed by atoms with Gasteiger partial charge in [0.1, 0.15) is 0 Å². The molecule has 4 aliphatic rings. The number of likely N-dealkylation sites (N-methyl/N-ethyl adjacent to an activating group) is 1. The molecule has 3 nitrogen and oxygen atoms in total. The van der Waals surface area contributed by atoms with E-state index in [4.69, 9.17) is 0 Å². The summed E-state index contributed by atoms with van der Waals surface area (Å²) in [6.07, 6.45) is 8.18. The normalized spacial score (nSPS) is 17.5. The second-order valence-corrected chi connectivity index (χ2v) is 13.0. The minimum Gasteiger partial charge on any atom is -0.340 e. The molecule has 0 radical (unpaired) electrons. The molecule has 1 fully saturated rings. The van der Waals surface area contributed by atoms with Gasteiger partial charge in [0.05, 0.1) is 11.4 Å². The molecule has 0 amide bonds. The van der Waals surface area contributed by atoms with Gasteiger partial charge in [-0.1, -0.05) is 105 Å². The van der Waals surface area contributed by atoms with Gasteiger partial charge >= 0.3 is 0 Å². The highest BCUT2D eigenvalue weighted by Crippen LogP contribution is 2.50. The van der Waals surface area contributed by atoms with Crippen LogP contribution in [0.5, 0.6) is 0 Å². The van der Waals surface area contributed by atoms with E-state index in [1.807, 2.05) is 39.5 Å². The average molecular weight is 606 g/mol. The van der Waals surface area contributed by atoms with E-state index in [1.165, 1.54) is 105 Å². The van der Waals surface area contributed by atoms with Crippen molar-refractivity contribution in [3.8, 4) is 0 Å². The van der Waals surface area contributed by atoms with Crippen molar-refractivity contribution in [1.82, 2.24) is 9.80 Å². The van der Waals surface area contributed by atoms with Crippen LogP contribution >= 0.6 is 11.8 Å². The van der Waals surface area contributed by atoms with Gasteiger partial charge in [-0.2, -0.15) is 0 Å². The smallest absolute Gasteiger partial charge is 0.0552 e. The summed E-state index contributed by atoms with van der Waals surface area (Å²) < 4.78 is 0. The number of benzene rings is 3. The maximum atomic E-state index is 2.64. The highest BCUT2D eigenvalue weighted by atomic mass is 32.2. The predicted molar refractivity (Wildman–Crippen MR) is 193 cm³/mol. The van der Waals surface area contributed by atoms with Crippen LogP contribution in [0.3, 0.4) is 0 Å². The highest BCUT2D eigenvalue weighted by molar-refractivity contribution is 8.03. The number of para-hydroxylation sites is 1. The van der Waals surface area contributed by atoms with Gasteiger partial charge < -0.3 is 14.7 Å². The van der Waals surface area contributed by atoms with Gasteiger partial charge in [-0.25, -0.2) is 0 Å². The number of hydrogen-bond donors (Lipinski definition) is 0. The molecule has 2 aliphatic carbocycles. The zero-order chi connectivity index (χ0) is 31.2. The third-order valence-electron chi connectivity index (χ3n) is 8.95. The molecule has 7 rings (SSSR count). The fourth-order valence-corrected chi connectivity index (χ4v) is 7.89. The van der Waals surface area contributed by atoms with E-state index in [0.717, 1.165) is 19.4 Å². The predicted octanol–water partition coefficient (Wildman–Crippen LogP) is 9.48. The molecular weight excluding hydrogens is 555 g/mol. The number of thioether (sulfide) groups is 1. The third-order valence-corrected chi connectivity index (χ3v) is 10.1. The Kier molecular flexibility index (Phi) is 10.9. The largest absolute Gasteiger partial charge is 0.340 e. The fourth-order valence-electron chi connectivity index (χ4n) is 6.78. The van der Waals surface area contributed by atoms with E-state index >= 15 is 0 Å². The van der Waals surface area contributed by atoms with Crippen LogP contribution in [0.4, 0.5) is 5.69 Å². The van der Waals surface area contributed by atoms with Crippen LogP contribution in [0.2, 0.25) is 0 Å². The molecule has 3 aromatic carbocycles. The molecule has 232 valence electrons. The summed E-state index contributed by atoms with van der Waals surface area (Å²) in [5, 5.41) is 0. The van der Waals surface area contributed by atoms with Crippen molar-refractivity contribution in [2.24, 2.45) is 0 Å². The quantitative estimate of drug-likeness (QED) is 0.229. The van der Waals surface area contributed by atoms with Crippen LogP contribution in [0, 0.1) is 13.8 Å². The minimum atomic E-state index is 0.971. The zero-order valence-corrected chi connectivity index (χ0v) is 28.9. The van der Waals surface area contributed by atoms with Gasteiger partial charge in [0.25, 0.3) is 0 Å². The Morgan fingerprint density at radius 2 is 1.39 bits per heavy atom. The van der Waals surface area contributed by atoms with E-state index in [-0.39, 0.29) is 0 Å². The number of piperazine rings is 1. The van der Waals surface area contributed by atoms with Gasteiger partial charge in [0.15, 0.2) is 0 Å². The lowest BCUT2D eigenvalue weighted by Crippen LogP contribution is -2.45. The minimum absolute atomic E-state index is 0.971. The number of fused-ring (bicyclic) bond motifs is 4. The number of hydrogen-bond acceptors (Lipinski definition) is 4. The number of anilines is 1. The number of aryl methyl sites for hydroxylation is 2. The molecule has 44 heavy (non-hydrogen) atoms. The van der Waals surface area contributed by atoms with Crippen LogP contribution in [0.1, 0.15) is 73.9 Å². The number of rotatable bonds is 4. The summed E-state index contributed by atoms with van der Waals surface area (Å²) in [5.41, 5.74) is 14.0. The van der Waals surface area contributed by atoms with E-state index in [2.05, 4.69) is 108 Å². The average Bonchev–Trinajstić information content (AvgIpc) is 3.06. The molecule has 0 spiro atoms. The van der Waals surface area contributed by atoms with Crippen molar-refractivity contribution in [1.29, 1.82) is 0 Å². The molecule has 0 aromatic heterocycles. The fraction of sp³-hybridized carbons (Fsp3) is 0.400. The summed E-state index contributed by atoms with van der Waals surface area (Å²) in [4.78, 5) is 10.5. The molecule has 1 saturated heterocycles. The molecule has 0 N–H and O–H groups in total. The summed E-state index contributed by atoms with van der Waals surface area (Å²) in [6.45, 7) is 19.4. The SMILES string of the molecule is CC.CC.Cc1ccc2c(c1)Cc1cc(C)ccc1C2=C1C=C2C(=CC1)Sc1ccccc1N2CCCN1CCN(C)CC1. The van der Waals surface area contributed by atoms with Crippen LogP contribution in [-0.2, 0) is 6.42 Å². The van der Waals surface area contributed by atoms with Gasteiger partial charge in [0, 0.05) is 42.5 Å². The Morgan fingerprint density at radius 1 is 0.750 bits per heavy atom. The van der Waals surface area contributed by atoms with E-state index in [9.17, 15) is 0 Å². The lowest BCUT2D eigenvalue weighted by Gasteiger charge is -2.38. The first-order valence-electron chi connectivity index (χ1n) is 16.8. The van der Waals surface area contributed by atoms with Crippen LogP contribution < -0.4 is 4.90 Å². The molecular formula is C40H51N3S. The summed E-state index contributed by atoms with van der Waals surface area (Å²) in [7, 11) is 2.24. The maximum Gasteiger partial charge on any atom is 0.0552 e. The van der Waals surface area contributed by atoms with Crippen molar-refractivity contribution in [3.05, 3.63) is 122 Å². The molecule has 0 atom stereocenters. The van der Waals surface area contributed by atoms with Crippen molar-refractivity contribution >= 4 is 23.0 Å². The van der Waals surface area contributed by atoms with E-state index in [0.29, 0.717) is 0 Å². The summed E-state index contributed by atoms with van der Waals surface area (Å²) in [5.74, 6) is 0. The monoisotopic (exact) mass is 605 g/mol. The highest BCUT2D eigenvalue weighted by Gasteiger charge is 2.30. The molecule has 2 aliphatic heterocycles. The summed E-state index contributed by atoms with van der Waals surface area (Å²) in [6, 6.07) is 23.1. The van der Waals surface area contributed by atoms with Crippen molar-refractivity contribution < 1.29 is 0 Å². The molecule has 0 bridgehead atoms. The van der Waals surface area contributed by atoms with E-state index < -0.39 is 0 Å². The first-order valence-corrected chi connectivity index (χ1v) is 17.7. The van der Waals surface area contributed by atoms with Crippen LogP contribution in [0.25, 0.3) is 5.57 Å². The molecule has 3 aromatic rings. The van der Waals surface area contributed by atoms with E-state index in [1.54, 1.807) is 0 Å². The lowest BCUT2D eigenvalue weighted by molar-refractivity contribution is 0.153. The van der Waals surface area contributed by atoms with Gasteiger partial charge in [-0.05, 0) is 98.3 Å². The molecule has 4 heteroatoms. The maximum absolute atomic E-state index is 2.64. The number of nitrogens with zero attached hydrogens (tertiary/aromatic N) is 3. The van der Waals surface area contributed by atoms with Crippen molar-refractivity contribution in [2.45, 2.75) is 65.7 Å². The van der Waals surface area contributed by atoms with Crippen LogP contribution in [-0.4, -0.2) is 56.1 Å².